The number of ether oxygens (including phenoxy) is 1. The number of anilines is 2. The lowest BCUT2D eigenvalue weighted by molar-refractivity contribution is -0.118. The van der Waals surface area contributed by atoms with Crippen LogP contribution in [-0.2, 0) is 4.79 Å². The molecule has 1 amide bonds. The number of nitrogens with one attached hydrogen (secondary N) is 1. The average molecular weight is 382 g/mol. The van der Waals surface area contributed by atoms with Crippen molar-refractivity contribution in [2.45, 2.75) is 6.92 Å². The van der Waals surface area contributed by atoms with Crippen LogP contribution in [0.15, 0.2) is 42.5 Å². The monoisotopic (exact) mass is 382 g/mol. The lowest BCUT2D eigenvalue weighted by Crippen LogP contribution is -2.20. The molecule has 0 atom stereocenters. The van der Waals surface area contributed by atoms with Gasteiger partial charge in [0.2, 0.25) is 0 Å². The van der Waals surface area contributed by atoms with E-state index in [0.29, 0.717) is 17.1 Å². The normalized spacial score (nSPS) is 10.1. The van der Waals surface area contributed by atoms with Crippen LogP contribution >= 0.6 is 22.6 Å². The molecule has 0 aliphatic rings. The first-order valence-electron chi connectivity index (χ1n) is 6.09. The van der Waals surface area contributed by atoms with Gasteiger partial charge in [-0.15, -0.1) is 0 Å². The quantitative estimate of drug-likeness (QED) is 0.631. The van der Waals surface area contributed by atoms with E-state index in [-0.39, 0.29) is 12.5 Å². The zero-order valence-electron chi connectivity index (χ0n) is 11.0. The lowest BCUT2D eigenvalue weighted by Gasteiger charge is -2.09. The third-order valence-corrected chi connectivity index (χ3v) is 3.47. The number of carbonyl (C=O) groups is 1. The Bertz CT molecular complexity index is 612. The third-order valence-electron chi connectivity index (χ3n) is 2.75. The molecule has 20 heavy (non-hydrogen) atoms. The molecule has 5 heteroatoms. The number of benzene rings is 2. The molecule has 4 nitrogen and oxygen atoms in total. The summed E-state index contributed by atoms with van der Waals surface area (Å²) in [4.78, 5) is 11.8. The number of halogens is 1. The molecular formula is C15H15IN2O2. The molecule has 3 N–H and O–H groups in total. The second kappa shape index (κ2) is 6.60. The fourth-order valence-corrected chi connectivity index (χ4v) is 1.95. The van der Waals surface area contributed by atoms with Gasteiger partial charge in [0, 0.05) is 14.9 Å². The first-order chi connectivity index (χ1) is 9.54. The molecule has 0 aromatic heterocycles. The van der Waals surface area contributed by atoms with E-state index in [1.165, 1.54) is 0 Å². The van der Waals surface area contributed by atoms with Gasteiger partial charge >= 0.3 is 0 Å². The van der Waals surface area contributed by atoms with Crippen molar-refractivity contribution >= 4 is 39.9 Å². The summed E-state index contributed by atoms with van der Waals surface area (Å²) in [5, 5.41) is 2.75. The molecule has 2 rings (SSSR count). The van der Waals surface area contributed by atoms with Crippen molar-refractivity contribution < 1.29 is 9.53 Å². The molecule has 0 aliphatic heterocycles. The van der Waals surface area contributed by atoms with Gasteiger partial charge in [0.25, 0.3) is 5.91 Å². The van der Waals surface area contributed by atoms with E-state index >= 15 is 0 Å². The Morgan fingerprint density at radius 1 is 1.25 bits per heavy atom. The predicted molar refractivity (Wildman–Crippen MR) is 88.9 cm³/mol. The van der Waals surface area contributed by atoms with Crippen LogP contribution in [0, 0.1) is 10.5 Å². The van der Waals surface area contributed by atoms with Gasteiger partial charge in [-0.3, -0.25) is 4.79 Å². The van der Waals surface area contributed by atoms with Gasteiger partial charge in [0.15, 0.2) is 6.61 Å². The highest BCUT2D eigenvalue weighted by molar-refractivity contribution is 14.1. The highest BCUT2D eigenvalue weighted by atomic mass is 127. The summed E-state index contributed by atoms with van der Waals surface area (Å²) in [7, 11) is 0. The zero-order valence-corrected chi connectivity index (χ0v) is 13.2. The smallest absolute Gasteiger partial charge is 0.262 e. The summed E-state index contributed by atoms with van der Waals surface area (Å²) < 4.78 is 6.52. The molecule has 2 aromatic carbocycles. The third kappa shape index (κ3) is 4.12. The highest BCUT2D eigenvalue weighted by Crippen LogP contribution is 2.17. The molecule has 0 bridgehead atoms. The van der Waals surface area contributed by atoms with Gasteiger partial charge < -0.3 is 15.8 Å². The molecule has 0 unspecified atom stereocenters. The van der Waals surface area contributed by atoms with Crippen LogP contribution in [0.4, 0.5) is 11.4 Å². The van der Waals surface area contributed by atoms with Crippen LogP contribution in [0.5, 0.6) is 5.75 Å². The van der Waals surface area contributed by atoms with Crippen LogP contribution in [0.3, 0.4) is 0 Å². The fraction of sp³-hybridized carbons (Fsp3) is 0.133. The van der Waals surface area contributed by atoms with Crippen LogP contribution < -0.4 is 15.8 Å². The Balaban J connectivity index is 1.89. The van der Waals surface area contributed by atoms with Gasteiger partial charge in [-0.25, -0.2) is 0 Å². The van der Waals surface area contributed by atoms with Crippen molar-refractivity contribution in [2.24, 2.45) is 0 Å². The Morgan fingerprint density at radius 2 is 1.95 bits per heavy atom. The van der Waals surface area contributed by atoms with Gasteiger partial charge in [0.1, 0.15) is 5.75 Å². The van der Waals surface area contributed by atoms with Crippen molar-refractivity contribution in [2.75, 3.05) is 17.7 Å². The van der Waals surface area contributed by atoms with E-state index in [0.717, 1.165) is 9.13 Å². The lowest BCUT2D eigenvalue weighted by atomic mass is 10.2. The molecule has 104 valence electrons. The van der Waals surface area contributed by atoms with Crippen LogP contribution in [0.25, 0.3) is 0 Å². The number of amides is 1. The number of hydrogen-bond acceptors (Lipinski definition) is 3. The minimum Gasteiger partial charge on any atom is -0.484 e. The summed E-state index contributed by atoms with van der Waals surface area (Å²) in [6, 6.07) is 12.9. The SMILES string of the molecule is Cc1ccc(NC(=O)COc2ccc(I)cc2)cc1N. The molecule has 0 aliphatic carbocycles. The van der Waals surface area contributed by atoms with Crippen molar-refractivity contribution in [1.82, 2.24) is 0 Å². The summed E-state index contributed by atoms with van der Waals surface area (Å²) in [5.41, 5.74) is 8.10. The number of hydrogen-bond donors (Lipinski definition) is 2. The molecular weight excluding hydrogens is 367 g/mol. The Morgan fingerprint density at radius 3 is 2.60 bits per heavy atom. The molecule has 0 radical (unpaired) electrons. The van der Waals surface area contributed by atoms with Crippen LogP contribution in [-0.4, -0.2) is 12.5 Å². The maximum atomic E-state index is 11.8. The molecule has 2 aromatic rings. The largest absolute Gasteiger partial charge is 0.484 e. The zero-order chi connectivity index (χ0) is 14.5. The molecule has 0 saturated carbocycles. The first-order valence-corrected chi connectivity index (χ1v) is 7.17. The molecule has 0 fully saturated rings. The summed E-state index contributed by atoms with van der Waals surface area (Å²) in [5.74, 6) is 0.454. The Kier molecular flexibility index (Phi) is 4.84. The molecule has 0 spiro atoms. The highest BCUT2D eigenvalue weighted by Gasteiger charge is 2.05. The number of carbonyl (C=O) groups excluding carboxylic acids is 1. The number of nitrogen functional groups attached to an aromatic ring is 1. The Hall–Kier alpha value is -1.76. The van der Waals surface area contributed by atoms with Gasteiger partial charge in [0.05, 0.1) is 0 Å². The maximum absolute atomic E-state index is 11.8. The maximum Gasteiger partial charge on any atom is 0.262 e. The second-order valence-electron chi connectivity index (χ2n) is 4.36. The van der Waals surface area contributed by atoms with E-state index in [9.17, 15) is 4.79 Å². The van der Waals surface area contributed by atoms with Crippen LogP contribution in [0.1, 0.15) is 5.56 Å². The van der Waals surface area contributed by atoms with Crippen molar-refractivity contribution in [1.29, 1.82) is 0 Å². The number of rotatable bonds is 4. The number of aryl methyl sites for hydroxylation is 1. The standard InChI is InChI=1S/C15H15IN2O2/c1-10-2-5-12(8-14(10)17)18-15(19)9-20-13-6-3-11(16)4-7-13/h2-8H,9,17H2,1H3,(H,18,19). The van der Waals surface area contributed by atoms with E-state index in [1.807, 2.05) is 43.3 Å². The van der Waals surface area contributed by atoms with Gasteiger partial charge in [-0.05, 0) is 71.5 Å². The minimum atomic E-state index is -0.216. The second-order valence-corrected chi connectivity index (χ2v) is 5.61. The average Bonchev–Trinajstić information content (AvgIpc) is 2.42. The van der Waals surface area contributed by atoms with Gasteiger partial charge in [-0.1, -0.05) is 6.07 Å². The summed E-state index contributed by atoms with van der Waals surface area (Å²) in [6.07, 6.45) is 0. The summed E-state index contributed by atoms with van der Waals surface area (Å²) in [6.45, 7) is 1.88. The Labute approximate surface area is 131 Å². The minimum absolute atomic E-state index is 0.0334. The van der Waals surface area contributed by atoms with E-state index < -0.39 is 0 Å². The predicted octanol–water partition coefficient (Wildman–Crippen LogP) is 3.20. The van der Waals surface area contributed by atoms with E-state index in [1.54, 1.807) is 6.07 Å². The van der Waals surface area contributed by atoms with Crippen molar-refractivity contribution in [3.8, 4) is 5.75 Å². The first kappa shape index (κ1) is 14.6. The fourth-order valence-electron chi connectivity index (χ4n) is 1.60. The van der Waals surface area contributed by atoms with Crippen molar-refractivity contribution in [3.05, 3.63) is 51.6 Å². The molecule has 0 heterocycles. The van der Waals surface area contributed by atoms with Crippen molar-refractivity contribution in [3.63, 3.8) is 0 Å². The summed E-state index contributed by atoms with van der Waals surface area (Å²) >= 11 is 2.21. The molecule has 0 saturated heterocycles. The van der Waals surface area contributed by atoms with E-state index in [4.69, 9.17) is 10.5 Å². The van der Waals surface area contributed by atoms with E-state index in [2.05, 4.69) is 27.9 Å². The topological polar surface area (TPSA) is 64.3 Å². The van der Waals surface area contributed by atoms with Gasteiger partial charge in [-0.2, -0.15) is 0 Å². The number of nitrogens with two attached hydrogens (primary N) is 1. The van der Waals surface area contributed by atoms with Crippen LogP contribution in [0.2, 0.25) is 0 Å².